The van der Waals surface area contributed by atoms with E-state index < -0.39 is 24.1 Å². The summed E-state index contributed by atoms with van der Waals surface area (Å²) in [6.45, 7) is 7.37. The van der Waals surface area contributed by atoms with Gasteiger partial charge in [0.15, 0.2) is 6.61 Å². The van der Waals surface area contributed by atoms with Crippen LogP contribution >= 0.6 is 0 Å². The molecule has 2 N–H and O–H groups in total. The molecule has 0 bridgehead atoms. The second-order valence-electron chi connectivity index (χ2n) is 4.02. The maximum absolute atomic E-state index is 11.1. The van der Waals surface area contributed by atoms with Gasteiger partial charge >= 0.3 is 11.9 Å². The number of carbonyl (C=O) groups is 2. The molecule has 0 amide bonds. The molecule has 0 saturated heterocycles. The Balaban J connectivity index is 3.83. The van der Waals surface area contributed by atoms with Gasteiger partial charge in [-0.3, -0.25) is 0 Å². The fourth-order valence-electron chi connectivity index (χ4n) is 1.14. The molecule has 6 nitrogen and oxygen atoms in total. The fraction of sp³-hybridized carbons (Fsp3) is 0.500. The molecule has 6 heteroatoms. The monoisotopic (exact) mass is 258 g/mol. The Labute approximate surface area is 106 Å². The van der Waals surface area contributed by atoms with Crippen molar-refractivity contribution >= 4 is 11.9 Å². The molecule has 1 unspecified atom stereocenters. The summed E-state index contributed by atoms with van der Waals surface area (Å²) >= 11 is 0. The topological polar surface area (TPSA) is 93.1 Å². The highest BCUT2D eigenvalue weighted by Crippen LogP contribution is 2.17. The number of aliphatic hydroxyl groups excluding tert-OH is 1. The maximum Gasteiger partial charge on any atom is 0.344 e. The lowest BCUT2D eigenvalue weighted by Crippen LogP contribution is -2.28. The lowest BCUT2D eigenvalue weighted by Gasteiger charge is -2.22. The first-order valence-electron chi connectivity index (χ1n) is 5.31. The van der Waals surface area contributed by atoms with Gasteiger partial charge in [0.2, 0.25) is 0 Å². The van der Waals surface area contributed by atoms with Gasteiger partial charge in [-0.05, 0) is 6.92 Å². The van der Waals surface area contributed by atoms with Gasteiger partial charge in [-0.1, -0.05) is 13.2 Å². The molecule has 0 aromatic heterocycles. The number of hydrogen-bond donors (Lipinski definition) is 2. The molecule has 0 fully saturated rings. The zero-order chi connectivity index (χ0) is 14.2. The van der Waals surface area contributed by atoms with Crippen LogP contribution in [0.25, 0.3) is 0 Å². The summed E-state index contributed by atoms with van der Waals surface area (Å²) in [6, 6.07) is 0. The van der Waals surface area contributed by atoms with Gasteiger partial charge in [0.1, 0.15) is 0 Å². The molecule has 0 aliphatic heterocycles. The van der Waals surface area contributed by atoms with Gasteiger partial charge in [0.25, 0.3) is 0 Å². The third-order valence-corrected chi connectivity index (χ3v) is 1.99. The van der Waals surface area contributed by atoms with Crippen LogP contribution in [0, 0.1) is 0 Å². The van der Waals surface area contributed by atoms with Crippen LogP contribution in [0.3, 0.4) is 0 Å². The molecule has 0 rings (SSSR count). The van der Waals surface area contributed by atoms with E-state index in [1.807, 2.05) is 0 Å². The summed E-state index contributed by atoms with van der Waals surface area (Å²) in [5.41, 5.74) is -1.20. The third kappa shape index (κ3) is 8.35. The van der Waals surface area contributed by atoms with Crippen molar-refractivity contribution in [2.45, 2.75) is 25.4 Å². The zero-order valence-corrected chi connectivity index (χ0v) is 10.3. The average Bonchev–Trinajstić information content (AvgIpc) is 2.23. The van der Waals surface area contributed by atoms with E-state index in [1.54, 1.807) is 0 Å². The highest BCUT2D eigenvalue weighted by atomic mass is 16.6. The van der Waals surface area contributed by atoms with Crippen molar-refractivity contribution in [2.24, 2.45) is 0 Å². The molecule has 0 heterocycles. The van der Waals surface area contributed by atoms with Crippen LogP contribution in [-0.2, 0) is 19.1 Å². The molecular weight excluding hydrogens is 240 g/mol. The van der Waals surface area contributed by atoms with Gasteiger partial charge in [-0.25, -0.2) is 9.59 Å². The highest BCUT2D eigenvalue weighted by Gasteiger charge is 2.22. The molecule has 102 valence electrons. The predicted octanol–water partition coefficient (Wildman–Crippen LogP) is 0.862. The smallest absolute Gasteiger partial charge is 0.344 e. The second kappa shape index (κ2) is 7.50. The van der Waals surface area contributed by atoms with Crippen LogP contribution in [0.15, 0.2) is 25.0 Å². The van der Waals surface area contributed by atoms with Crippen LogP contribution in [0.1, 0.15) is 19.8 Å². The Morgan fingerprint density at radius 3 is 2.50 bits per heavy atom. The number of hydrogen-bond acceptors (Lipinski definition) is 6. The Morgan fingerprint density at radius 2 is 2.00 bits per heavy atom. The summed E-state index contributed by atoms with van der Waals surface area (Å²) in [4.78, 5) is 21.7. The van der Waals surface area contributed by atoms with Crippen molar-refractivity contribution < 1.29 is 29.3 Å². The Morgan fingerprint density at radius 1 is 1.39 bits per heavy atom. The minimum absolute atomic E-state index is 0.00397. The van der Waals surface area contributed by atoms with Gasteiger partial charge in [0.05, 0.1) is 18.0 Å². The molecule has 0 spiro atoms. The molecule has 0 aliphatic rings. The molecule has 0 aromatic carbocycles. The van der Waals surface area contributed by atoms with E-state index in [0.29, 0.717) is 0 Å². The summed E-state index contributed by atoms with van der Waals surface area (Å²) in [5.74, 6) is -1.58. The molecular formula is C12H18O6. The molecule has 18 heavy (non-hydrogen) atoms. The van der Waals surface area contributed by atoms with E-state index in [0.717, 1.165) is 6.08 Å². The number of ether oxygens (including phenoxy) is 2. The van der Waals surface area contributed by atoms with Crippen molar-refractivity contribution in [3.63, 3.8) is 0 Å². The molecule has 0 saturated carbocycles. The molecule has 0 aliphatic carbocycles. The Hall–Kier alpha value is -1.82. The summed E-state index contributed by atoms with van der Waals surface area (Å²) in [6.07, 6.45) is 1.06. The van der Waals surface area contributed by atoms with Crippen molar-refractivity contribution in [1.29, 1.82) is 0 Å². The first-order valence-corrected chi connectivity index (χ1v) is 5.31. The maximum atomic E-state index is 11.1. The molecule has 0 radical (unpaired) electrons. The Kier molecular flexibility index (Phi) is 6.74. The second-order valence-corrected chi connectivity index (χ2v) is 4.02. The Bertz CT molecular complexity index is 331. The average molecular weight is 258 g/mol. The van der Waals surface area contributed by atoms with Crippen molar-refractivity contribution in [2.75, 3.05) is 13.2 Å². The van der Waals surface area contributed by atoms with Crippen LogP contribution in [0.5, 0.6) is 0 Å². The van der Waals surface area contributed by atoms with E-state index in [1.165, 1.54) is 6.92 Å². The van der Waals surface area contributed by atoms with E-state index in [9.17, 15) is 14.7 Å². The summed E-state index contributed by atoms with van der Waals surface area (Å²) in [5, 5.41) is 18.7. The standard InChI is InChI=1S/C12H18O6/c1-4-10(14)18-8-11(15)17-6-5-12(3,16)7-9(2)13/h4,13,16H,1-2,5-8H2,3H3. The normalized spacial score (nSPS) is 13.2. The first-order chi connectivity index (χ1) is 8.26. The van der Waals surface area contributed by atoms with Crippen molar-refractivity contribution in [1.82, 2.24) is 0 Å². The zero-order valence-electron chi connectivity index (χ0n) is 10.3. The molecule has 1 atom stereocenters. The van der Waals surface area contributed by atoms with E-state index in [-0.39, 0.29) is 25.2 Å². The highest BCUT2D eigenvalue weighted by molar-refractivity contribution is 5.83. The van der Waals surface area contributed by atoms with Crippen LogP contribution in [-0.4, -0.2) is 41.0 Å². The van der Waals surface area contributed by atoms with E-state index >= 15 is 0 Å². The minimum atomic E-state index is -1.20. The van der Waals surface area contributed by atoms with Crippen molar-refractivity contribution in [3.8, 4) is 0 Å². The lowest BCUT2D eigenvalue weighted by atomic mass is 9.98. The predicted molar refractivity (Wildman–Crippen MR) is 63.7 cm³/mol. The largest absolute Gasteiger partial charge is 0.513 e. The van der Waals surface area contributed by atoms with Crippen LogP contribution in [0.4, 0.5) is 0 Å². The number of rotatable bonds is 8. The fourth-order valence-corrected chi connectivity index (χ4v) is 1.14. The number of carbonyl (C=O) groups excluding carboxylic acids is 2. The van der Waals surface area contributed by atoms with Gasteiger partial charge in [-0.2, -0.15) is 0 Å². The summed E-state index contributed by atoms with van der Waals surface area (Å²) < 4.78 is 9.18. The quantitative estimate of drug-likeness (QED) is 0.381. The van der Waals surface area contributed by atoms with E-state index in [4.69, 9.17) is 9.84 Å². The SMILES string of the molecule is C=CC(=O)OCC(=O)OCCC(C)(O)CC(=C)O. The summed E-state index contributed by atoms with van der Waals surface area (Å²) in [7, 11) is 0. The van der Waals surface area contributed by atoms with Crippen molar-refractivity contribution in [3.05, 3.63) is 25.0 Å². The molecule has 0 aromatic rings. The van der Waals surface area contributed by atoms with Gasteiger partial charge < -0.3 is 19.7 Å². The van der Waals surface area contributed by atoms with Crippen LogP contribution < -0.4 is 0 Å². The lowest BCUT2D eigenvalue weighted by molar-refractivity contribution is -0.157. The van der Waals surface area contributed by atoms with Crippen LogP contribution in [0.2, 0.25) is 0 Å². The minimum Gasteiger partial charge on any atom is -0.513 e. The van der Waals surface area contributed by atoms with Gasteiger partial charge in [0, 0.05) is 18.9 Å². The van der Waals surface area contributed by atoms with Gasteiger partial charge in [-0.15, -0.1) is 0 Å². The number of esters is 2. The number of aliphatic hydroxyl groups is 2. The third-order valence-electron chi connectivity index (χ3n) is 1.99. The first kappa shape index (κ1) is 16.2. The van der Waals surface area contributed by atoms with E-state index in [2.05, 4.69) is 17.9 Å².